The third kappa shape index (κ3) is 7.59. The molecule has 3 rings (SSSR count). The van der Waals surface area contributed by atoms with Crippen molar-refractivity contribution in [2.75, 3.05) is 13.2 Å². The molecule has 3 aliphatic rings. The highest BCUT2D eigenvalue weighted by Gasteiger charge is 2.55. The molecule has 3 fully saturated rings. The van der Waals surface area contributed by atoms with E-state index in [-0.39, 0.29) is 12.8 Å². The van der Waals surface area contributed by atoms with Crippen molar-refractivity contribution in [2.24, 2.45) is 15.3 Å². The van der Waals surface area contributed by atoms with Crippen molar-refractivity contribution in [1.29, 1.82) is 0 Å². The zero-order chi connectivity index (χ0) is 31.9. The molecule has 7 N–H and O–H groups in total. The van der Waals surface area contributed by atoms with Crippen LogP contribution in [0.3, 0.4) is 0 Å². The molecule has 1 saturated carbocycles. The van der Waals surface area contributed by atoms with Gasteiger partial charge >= 0.3 is 0 Å². The molecule has 20 nitrogen and oxygen atoms in total. The fraction of sp³-hybridized carbons (Fsp3) is 1.00. The van der Waals surface area contributed by atoms with Crippen LogP contribution >= 0.6 is 0 Å². The van der Waals surface area contributed by atoms with Crippen LogP contribution in [-0.2, 0) is 18.9 Å². The van der Waals surface area contributed by atoms with Crippen LogP contribution in [0.5, 0.6) is 0 Å². The first-order valence-corrected chi connectivity index (χ1v) is 14.0. The molecule has 0 radical (unpaired) electrons. The molecule has 2 heterocycles. The summed E-state index contributed by atoms with van der Waals surface area (Å²) in [7, 11) is 0. The molecule has 2 saturated heterocycles. The molecule has 1 aliphatic carbocycles. The Kier molecular flexibility index (Phi) is 12.6. The average Bonchev–Trinajstić information content (AvgIpc) is 3.25. The number of hydrogen-bond acceptors (Lipinski definition) is 14. The maximum Gasteiger partial charge on any atom is 0.187 e. The number of nitrogens with zero attached hydrogens (tertiary/aromatic N) is 9. The van der Waals surface area contributed by atoms with Crippen LogP contribution in [0.15, 0.2) is 15.3 Å². The highest BCUT2D eigenvalue weighted by atomic mass is 16.7. The molecule has 0 amide bonds. The fourth-order valence-electron chi connectivity index (χ4n) is 5.66. The van der Waals surface area contributed by atoms with Gasteiger partial charge in [-0.3, -0.25) is 0 Å². The minimum atomic E-state index is -1.73. The largest absolute Gasteiger partial charge is 0.393 e. The minimum absolute atomic E-state index is 0.0337. The van der Waals surface area contributed by atoms with E-state index in [1.807, 2.05) is 6.92 Å². The highest BCUT2D eigenvalue weighted by Crippen LogP contribution is 2.38. The molecule has 242 valence electrons. The Morgan fingerprint density at radius 3 is 2.23 bits per heavy atom. The van der Waals surface area contributed by atoms with Crippen molar-refractivity contribution in [1.82, 2.24) is 5.32 Å². The predicted octanol–water partition coefficient (Wildman–Crippen LogP) is -0.388. The summed E-state index contributed by atoms with van der Waals surface area (Å²) in [5, 5.41) is 78.1. The molecule has 0 aromatic heterocycles. The van der Waals surface area contributed by atoms with Gasteiger partial charge in [-0.1, -0.05) is 29.2 Å². The third-order valence-electron chi connectivity index (χ3n) is 8.14. The van der Waals surface area contributed by atoms with Crippen LogP contribution in [0.25, 0.3) is 31.3 Å². The second-order valence-electron chi connectivity index (χ2n) is 11.0. The van der Waals surface area contributed by atoms with E-state index in [4.69, 9.17) is 30.0 Å². The van der Waals surface area contributed by atoms with Gasteiger partial charge in [0.2, 0.25) is 0 Å². The zero-order valence-corrected chi connectivity index (χ0v) is 24.0. The van der Waals surface area contributed by atoms with Gasteiger partial charge in [0.1, 0.15) is 30.0 Å². The Morgan fingerprint density at radius 2 is 1.65 bits per heavy atom. The maximum atomic E-state index is 11.5. The normalized spacial score (nSPS) is 42.6. The van der Waals surface area contributed by atoms with Crippen LogP contribution in [-0.4, -0.2) is 135 Å². The lowest BCUT2D eigenvalue weighted by Crippen LogP contribution is -2.66. The first-order valence-electron chi connectivity index (χ1n) is 14.0. The van der Waals surface area contributed by atoms with E-state index in [2.05, 4.69) is 35.4 Å². The summed E-state index contributed by atoms with van der Waals surface area (Å²) in [5.74, 6) is 0. The standard InChI is InChI=1S/C23H40N10O10/c1-4-5-27-11-6-12(29-32-25)19(41-21-14(30-33-26)13(36)7-23(8-34,43-21)10(3)35)20(15(11)37)42-22-17(39)16(38)18(40-22)9(2)28-31-24/h9-22,27,34-39H,4-8H2,1-3H3/t9?,10-,11-,12?,13?,14?,15?,16?,17?,18-,19-,20?,21+,22+,23?/m1/s1. The van der Waals surface area contributed by atoms with Gasteiger partial charge in [0.05, 0.1) is 49.2 Å². The molecule has 0 bridgehead atoms. The van der Waals surface area contributed by atoms with Gasteiger partial charge in [0.25, 0.3) is 0 Å². The summed E-state index contributed by atoms with van der Waals surface area (Å²) in [4.78, 5) is 8.33. The number of nitrogens with one attached hydrogen (secondary N) is 1. The molecule has 0 aromatic rings. The average molecular weight is 617 g/mol. The van der Waals surface area contributed by atoms with Crippen molar-refractivity contribution >= 4 is 0 Å². The van der Waals surface area contributed by atoms with Gasteiger partial charge in [-0.05, 0) is 42.9 Å². The van der Waals surface area contributed by atoms with Gasteiger partial charge in [-0.25, -0.2) is 0 Å². The summed E-state index contributed by atoms with van der Waals surface area (Å²) in [5.41, 5.74) is 25.6. The van der Waals surface area contributed by atoms with E-state index in [0.717, 1.165) is 0 Å². The number of aliphatic hydroxyl groups excluding tert-OH is 6. The Labute approximate surface area is 246 Å². The number of ether oxygens (including phenoxy) is 4. The van der Waals surface area contributed by atoms with Crippen LogP contribution in [0.4, 0.5) is 0 Å². The molecule has 0 spiro atoms. The molecule has 20 heteroatoms. The van der Waals surface area contributed by atoms with E-state index < -0.39 is 97.8 Å². The maximum absolute atomic E-state index is 11.5. The van der Waals surface area contributed by atoms with Gasteiger partial charge in [0, 0.05) is 27.2 Å². The number of hydrogen-bond donors (Lipinski definition) is 7. The lowest BCUT2D eigenvalue weighted by Gasteiger charge is -2.50. The Morgan fingerprint density at radius 1 is 0.977 bits per heavy atom. The van der Waals surface area contributed by atoms with E-state index in [0.29, 0.717) is 13.0 Å². The molecule has 9 unspecified atom stereocenters. The van der Waals surface area contributed by atoms with Crippen molar-refractivity contribution < 1.29 is 49.6 Å². The van der Waals surface area contributed by atoms with Crippen molar-refractivity contribution in [2.45, 2.75) is 131 Å². The monoisotopic (exact) mass is 616 g/mol. The smallest absolute Gasteiger partial charge is 0.187 e. The van der Waals surface area contributed by atoms with Crippen molar-refractivity contribution in [3.05, 3.63) is 31.3 Å². The Bertz CT molecular complexity index is 1070. The van der Waals surface area contributed by atoms with E-state index in [1.165, 1.54) is 13.8 Å². The first kappa shape index (κ1) is 35.0. The third-order valence-corrected chi connectivity index (χ3v) is 8.14. The van der Waals surface area contributed by atoms with E-state index >= 15 is 0 Å². The van der Waals surface area contributed by atoms with Gasteiger partial charge < -0.3 is 54.9 Å². The lowest BCUT2D eigenvalue weighted by atomic mass is 9.83. The predicted molar refractivity (Wildman–Crippen MR) is 145 cm³/mol. The van der Waals surface area contributed by atoms with Crippen LogP contribution < -0.4 is 5.32 Å². The van der Waals surface area contributed by atoms with Crippen molar-refractivity contribution in [3.63, 3.8) is 0 Å². The number of azide groups is 3. The fourth-order valence-corrected chi connectivity index (χ4v) is 5.66. The number of rotatable bonds is 13. The molecule has 15 atom stereocenters. The van der Waals surface area contributed by atoms with Gasteiger partial charge in [0.15, 0.2) is 12.6 Å². The second kappa shape index (κ2) is 15.5. The van der Waals surface area contributed by atoms with Crippen LogP contribution in [0.2, 0.25) is 0 Å². The minimum Gasteiger partial charge on any atom is -0.393 e. The summed E-state index contributed by atoms with van der Waals surface area (Å²) in [6, 6.07) is -4.08. The summed E-state index contributed by atoms with van der Waals surface area (Å²) >= 11 is 0. The summed E-state index contributed by atoms with van der Waals surface area (Å²) in [6.45, 7) is 4.42. The topological polar surface area (TPSA) is 317 Å². The quantitative estimate of drug-likeness (QED) is 0.0793. The SMILES string of the molecule is CCCN[C@@H]1CC(N=[N+]=[N-])[C@@H](O[C@H]2OC(CO)([C@@H](C)O)CC(O)C2N=[N+]=[N-])C(O[C@@H]2O[C@H](C(C)N=[N+]=[N-])C(O)C2O)C1O. The second-order valence-corrected chi connectivity index (χ2v) is 11.0. The Hall–Kier alpha value is -2.51. The molecular formula is C23H40N10O10. The molecule has 0 aromatic carbocycles. The first-order chi connectivity index (χ1) is 20.5. The summed E-state index contributed by atoms with van der Waals surface area (Å²) in [6.07, 6.45) is -14.2. The van der Waals surface area contributed by atoms with Gasteiger partial charge in [-0.2, -0.15) is 0 Å². The molecule has 2 aliphatic heterocycles. The lowest BCUT2D eigenvalue weighted by molar-refractivity contribution is -0.328. The van der Waals surface area contributed by atoms with Gasteiger partial charge in [-0.15, -0.1) is 0 Å². The van der Waals surface area contributed by atoms with E-state index in [9.17, 15) is 36.2 Å². The highest BCUT2D eigenvalue weighted by molar-refractivity contribution is 5.05. The molecule has 43 heavy (non-hydrogen) atoms. The molecular weight excluding hydrogens is 576 g/mol. The summed E-state index contributed by atoms with van der Waals surface area (Å²) < 4.78 is 23.7. The zero-order valence-electron chi connectivity index (χ0n) is 24.0. The van der Waals surface area contributed by atoms with Crippen molar-refractivity contribution in [3.8, 4) is 0 Å². The number of aliphatic hydroxyl groups is 6. The van der Waals surface area contributed by atoms with Crippen LogP contribution in [0.1, 0.15) is 40.0 Å². The van der Waals surface area contributed by atoms with Crippen LogP contribution in [0, 0.1) is 0 Å². The van der Waals surface area contributed by atoms with E-state index in [1.54, 1.807) is 0 Å². The Balaban J connectivity index is 2.02.